The predicted octanol–water partition coefficient (Wildman–Crippen LogP) is 1.49. The van der Waals surface area contributed by atoms with E-state index in [-0.39, 0.29) is 18.4 Å². The van der Waals surface area contributed by atoms with Gasteiger partial charge in [-0.2, -0.15) is 11.3 Å². The molecule has 23 heavy (non-hydrogen) atoms. The molecular formula is C14H15N3O4S2. The minimum Gasteiger partial charge on any atom is -0.343 e. The molecule has 0 saturated carbocycles. The van der Waals surface area contributed by atoms with E-state index in [9.17, 15) is 18.0 Å². The van der Waals surface area contributed by atoms with Crippen LogP contribution in [0.2, 0.25) is 0 Å². The van der Waals surface area contributed by atoms with Gasteiger partial charge in [0.15, 0.2) is 0 Å². The van der Waals surface area contributed by atoms with Gasteiger partial charge < -0.3 is 10.6 Å². The summed E-state index contributed by atoms with van der Waals surface area (Å²) < 4.78 is 24.5. The van der Waals surface area contributed by atoms with Crippen LogP contribution < -0.4 is 15.4 Å². The Morgan fingerprint density at radius 1 is 1.09 bits per heavy atom. The highest BCUT2D eigenvalue weighted by Crippen LogP contribution is 2.14. The van der Waals surface area contributed by atoms with Crippen LogP contribution in [0.15, 0.2) is 41.1 Å². The maximum absolute atomic E-state index is 11.8. The second-order valence-electron chi connectivity index (χ2n) is 4.69. The molecule has 2 amide bonds. The van der Waals surface area contributed by atoms with Crippen molar-refractivity contribution in [1.29, 1.82) is 0 Å². The Morgan fingerprint density at radius 2 is 1.74 bits per heavy atom. The van der Waals surface area contributed by atoms with Crippen molar-refractivity contribution in [2.45, 2.75) is 0 Å². The van der Waals surface area contributed by atoms with Crippen molar-refractivity contribution >= 4 is 44.5 Å². The molecule has 1 heterocycles. The summed E-state index contributed by atoms with van der Waals surface area (Å²) in [5, 5.41) is 8.59. The van der Waals surface area contributed by atoms with E-state index in [0.29, 0.717) is 16.9 Å². The first-order valence-electron chi connectivity index (χ1n) is 6.51. The van der Waals surface area contributed by atoms with Gasteiger partial charge in [0.2, 0.25) is 15.9 Å². The predicted molar refractivity (Wildman–Crippen MR) is 90.2 cm³/mol. The highest BCUT2D eigenvalue weighted by molar-refractivity contribution is 7.92. The molecule has 0 fully saturated rings. The maximum atomic E-state index is 11.8. The summed E-state index contributed by atoms with van der Waals surface area (Å²) >= 11 is 1.40. The second-order valence-corrected chi connectivity index (χ2v) is 7.22. The van der Waals surface area contributed by atoms with Crippen LogP contribution in [-0.2, 0) is 14.8 Å². The number of hydrogen-bond acceptors (Lipinski definition) is 5. The van der Waals surface area contributed by atoms with Crippen LogP contribution in [0.1, 0.15) is 10.4 Å². The summed E-state index contributed by atoms with van der Waals surface area (Å²) in [6.45, 7) is -0.155. The Balaban J connectivity index is 1.84. The number of benzene rings is 1. The van der Waals surface area contributed by atoms with Crippen molar-refractivity contribution in [1.82, 2.24) is 5.32 Å². The maximum Gasteiger partial charge on any atom is 0.252 e. The van der Waals surface area contributed by atoms with E-state index < -0.39 is 10.0 Å². The number of sulfonamides is 1. The molecule has 2 aromatic rings. The number of amides is 2. The van der Waals surface area contributed by atoms with Gasteiger partial charge in [-0.1, -0.05) is 0 Å². The molecule has 9 heteroatoms. The lowest BCUT2D eigenvalue weighted by molar-refractivity contribution is -0.115. The fourth-order valence-electron chi connectivity index (χ4n) is 1.70. The summed E-state index contributed by atoms with van der Waals surface area (Å²) in [6, 6.07) is 7.85. The summed E-state index contributed by atoms with van der Waals surface area (Å²) in [6.07, 6.45) is 1.05. The normalized spacial score (nSPS) is 10.8. The third-order valence-electron chi connectivity index (χ3n) is 2.66. The van der Waals surface area contributed by atoms with Gasteiger partial charge in [-0.15, -0.1) is 0 Å². The molecule has 0 atom stereocenters. The molecule has 2 rings (SSSR count). The highest BCUT2D eigenvalue weighted by atomic mass is 32.2. The zero-order chi connectivity index (χ0) is 16.9. The van der Waals surface area contributed by atoms with Crippen LogP contribution in [0, 0.1) is 0 Å². The standard InChI is InChI=1S/C14H15N3O4S2/c1-23(20,21)17-12-4-2-11(3-5-12)16-13(18)8-15-14(19)10-6-7-22-9-10/h2-7,9,17H,8H2,1H3,(H,15,19)(H,16,18). The van der Waals surface area contributed by atoms with Gasteiger partial charge in [0.1, 0.15) is 0 Å². The van der Waals surface area contributed by atoms with Gasteiger partial charge in [-0.25, -0.2) is 8.42 Å². The van der Waals surface area contributed by atoms with Crippen molar-refractivity contribution in [3.05, 3.63) is 46.7 Å². The Labute approximate surface area is 137 Å². The Morgan fingerprint density at radius 3 is 2.30 bits per heavy atom. The van der Waals surface area contributed by atoms with E-state index in [1.807, 2.05) is 0 Å². The molecule has 0 saturated heterocycles. The summed E-state index contributed by atoms with van der Waals surface area (Å²) in [4.78, 5) is 23.5. The van der Waals surface area contributed by atoms with Crippen LogP contribution >= 0.6 is 11.3 Å². The zero-order valence-electron chi connectivity index (χ0n) is 12.2. The lowest BCUT2D eigenvalue weighted by Crippen LogP contribution is -2.32. The summed E-state index contributed by atoms with van der Waals surface area (Å²) in [5.41, 5.74) is 1.41. The third kappa shape index (κ3) is 5.72. The Kier molecular flexibility index (Phi) is 5.35. The smallest absolute Gasteiger partial charge is 0.252 e. The number of carbonyl (C=O) groups excluding carboxylic acids is 2. The minimum atomic E-state index is -3.34. The SMILES string of the molecule is CS(=O)(=O)Nc1ccc(NC(=O)CNC(=O)c2ccsc2)cc1. The van der Waals surface area contributed by atoms with E-state index in [1.165, 1.54) is 23.5 Å². The lowest BCUT2D eigenvalue weighted by atomic mass is 10.3. The summed E-state index contributed by atoms with van der Waals surface area (Å²) in [5.74, 6) is -0.688. The van der Waals surface area contributed by atoms with Crippen molar-refractivity contribution in [2.75, 3.05) is 22.8 Å². The molecular weight excluding hydrogens is 338 g/mol. The van der Waals surface area contributed by atoms with Crippen LogP contribution in [0.25, 0.3) is 0 Å². The fraction of sp³-hybridized carbons (Fsp3) is 0.143. The third-order valence-corrected chi connectivity index (χ3v) is 3.95. The number of carbonyl (C=O) groups is 2. The van der Waals surface area contributed by atoms with Gasteiger partial charge in [0, 0.05) is 22.3 Å². The van der Waals surface area contributed by atoms with Gasteiger partial charge in [-0.3, -0.25) is 14.3 Å². The number of nitrogens with one attached hydrogen (secondary N) is 3. The van der Waals surface area contributed by atoms with Crippen molar-refractivity contribution in [3.8, 4) is 0 Å². The Bertz CT molecular complexity index is 784. The molecule has 0 aliphatic rings. The van der Waals surface area contributed by atoms with Crippen molar-refractivity contribution < 1.29 is 18.0 Å². The topological polar surface area (TPSA) is 104 Å². The molecule has 0 radical (unpaired) electrons. The van der Waals surface area contributed by atoms with Crippen LogP contribution in [0.5, 0.6) is 0 Å². The monoisotopic (exact) mass is 353 g/mol. The van der Waals surface area contributed by atoms with Gasteiger partial charge in [0.05, 0.1) is 12.8 Å². The molecule has 0 unspecified atom stereocenters. The molecule has 0 bridgehead atoms. The molecule has 1 aromatic carbocycles. The van der Waals surface area contributed by atoms with E-state index in [2.05, 4.69) is 15.4 Å². The number of thiophene rings is 1. The number of anilines is 2. The van der Waals surface area contributed by atoms with Crippen molar-refractivity contribution in [2.24, 2.45) is 0 Å². The van der Waals surface area contributed by atoms with Crippen molar-refractivity contribution in [3.63, 3.8) is 0 Å². The first kappa shape index (κ1) is 17.0. The lowest BCUT2D eigenvalue weighted by Gasteiger charge is -2.08. The first-order valence-corrected chi connectivity index (χ1v) is 9.35. The quantitative estimate of drug-likeness (QED) is 0.732. The van der Waals surface area contributed by atoms with Crippen LogP contribution in [0.4, 0.5) is 11.4 Å². The molecule has 122 valence electrons. The molecule has 3 N–H and O–H groups in total. The average Bonchev–Trinajstić information content (AvgIpc) is 2.99. The van der Waals surface area contributed by atoms with Gasteiger partial charge >= 0.3 is 0 Å². The van der Waals surface area contributed by atoms with Crippen LogP contribution in [-0.4, -0.2) is 33.0 Å². The number of hydrogen-bond donors (Lipinski definition) is 3. The van der Waals surface area contributed by atoms with E-state index >= 15 is 0 Å². The first-order chi connectivity index (χ1) is 10.8. The largest absolute Gasteiger partial charge is 0.343 e. The minimum absolute atomic E-state index is 0.155. The summed E-state index contributed by atoms with van der Waals surface area (Å²) in [7, 11) is -3.34. The number of rotatable bonds is 6. The average molecular weight is 353 g/mol. The van der Waals surface area contributed by atoms with E-state index in [4.69, 9.17) is 0 Å². The molecule has 1 aromatic heterocycles. The van der Waals surface area contributed by atoms with E-state index in [0.717, 1.165) is 6.26 Å². The molecule has 0 spiro atoms. The van der Waals surface area contributed by atoms with Gasteiger partial charge in [0.25, 0.3) is 5.91 Å². The highest BCUT2D eigenvalue weighted by Gasteiger charge is 2.08. The van der Waals surface area contributed by atoms with Crippen LogP contribution in [0.3, 0.4) is 0 Å². The molecule has 0 aliphatic carbocycles. The van der Waals surface area contributed by atoms with E-state index in [1.54, 1.807) is 29.0 Å². The molecule has 7 nitrogen and oxygen atoms in total. The Hall–Kier alpha value is -2.39. The fourth-order valence-corrected chi connectivity index (χ4v) is 2.90. The molecule has 0 aliphatic heterocycles. The van der Waals surface area contributed by atoms with Gasteiger partial charge in [-0.05, 0) is 35.7 Å². The zero-order valence-corrected chi connectivity index (χ0v) is 13.8. The second kappa shape index (κ2) is 7.25.